The number of hydrogen-bond donors (Lipinski definition) is 0. The van der Waals surface area contributed by atoms with Crippen molar-refractivity contribution in [3.05, 3.63) is 84.4 Å². The van der Waals surface area contributed by atoms with Crippen LogP contribution < -0.4 is 4.90 Å². The van der Waals surface area contributed by atoms with Crippen molar-refractivity contribution in [2.75, 3.05) is 4.90 Å². The number of anilines is 1. The number of carbonyl (C=O) groups excluding carboxylic acids is 3. The molecule has 4 aromatic rings. The SMILES string of the molecule is CC(c1ccccc1)N(C(=O)C1CC1)C1CC(=O)N(c2ccc(-c3nc4ccccc4o3)cc2)C1=O. The average molecular weight is 480 g/mol. The summed E-state index contributed by atoms with van der Waals surface area (Å²) in [5.41, 5.74) is 3.61. The van der Waals surface area contributed by atoms with Crippen molar-refractivity contribution in [3.63, 3.8) is 0 Å². The first kappa shape index (κ1) is 22.2. The van der Waals surface area contributed by atoms with Gasteiger partial charge in [-0.2, -0.15) is 0 Å². The zero-order valence-electron chi connectivity index (χ0n) is 19.8. The van der Waals surface area contributed by atoms with E-state index in [9.17, 15) is 14.4 Å². The quantitative estimate of drug-likeness (QED) is 0.358. The van der Waals surface area contributed by atoms with Crippen molar-refractivity contribution in [1.82, 2.24) is 9.88 Å². The highest BCUT2D eigenvalue weighted by Crippen LogP contribution is 2.38. The molecule has 1 aliphatic carbocycles. The first-order valence-corrected chi connectivity index (χ1v) is 12.2. The highest BCUT2D eigenvalue weighted by Gasteiger charge is 2.48. The van der Waals surface area contributed by atoms with Crippen LogP contribution in [-0.4, -0.2) is 33.6 Å². The van der Waals surface area contributed by atoms with Crippen LogP contribution in [0.25, 0.3) is 22.6 Å². The van der Waals surface area contributed by atoms with Gasteiger partial charge in [0.15, 0.2) is 5.58 Å². The maximum atomic E-state index is 13.6. The van der Waals surface area contributed by atoms with Gasteiger partial charge in [-0.3, -0.25) is 14.4 Å². The van der Waals surface area contributed by atoms with Gasteiger partial charge >= 0.3 is 0 Å². The smallest absolute Gasteiger partial charge is 0.257 e. The molecule has 2 fully saturated rings. The summed E-state index contributed by atoms with van der Waals surface area (Å²) in [6.45, 7) is 1.92. The van der Waals surface area contributed by atoms with Crippen LogP contribution in [0.3, 0.4) is 0 Å². The standard InChI is InChI=1S/C29H25N3O4/c1-18(19-7-3-2-4-8-19)31(28(34)21-11-12-21)24-17-26(33)32(29(24)35)22-15-13-20(14-16-22)27-30-23-9-5-6-10-25(23)36-27/h2-10,13-16,18,21,24H,11-12,17H2,1H3. The normalized spacial score (nSPS) is 18.6. The number of rotatable bonds is 6. The summed E-state index contributed by atoms with van der Waals surface area (Å²) in [5, 5.41) is 0. The Morgan fingerprint density at radius 3 is 2.36 bits per heavy atom. The second-order valence-electron chi connectivity index (χ2n) is 9.43. The van der Waals surface area contributed by atoms with Crippen LogP contribution in [0.15, 0.2) is 83.3 Å². The van der Waals surface area contributed by atoms with Gasteiger partial charge in [0.1, 0.15) is 11.6 Å². The number of carbonyl (C=O) groups is 3. The van der Waals surface area contributed by atoms with Crippen molar-refractivity contribution in [1.29, 1.82) is 0 Å². The second kappa shape index (κ2) is 8.75. The Labute approximate surface area is 208 Å². The first-order chi connectivity index (χ1) is 17.5. The molecule has 0 bridgehead atoms. The van der Waals surface area contributed by atoms with Gasteiger partial charge in [0.2, 0.25) is 17.7 Å². The molecule has 0 N–H and O–H groups in total. The van der Waals surface area contributed by atoms with Gasteiger partial charge < -0.3 is 9.32 Å². The summed E-state index contributed by atoms with van der Waals surface area (Å²) in [4.78, 5) is 47.3. The largest absolute Gasteiger partial charge is 0.436 e. The van der Waals surface area contributed by atoms with Crippen LogP contribution in [-0.2, 0) is 14.4 Å². The van der Waals surface area contributed by atoms with Crippen LogP contribution in [0.2, 0.25) is 0 Å². The molecule has 2 heterocycles. The molecule has 1 aliphatic heterocycles. The molecular formula is C29H25N3O4. The Balaban J connectivity index is 1.28. The Morgan fingerprint density at radius 2 is 1.67 bits per heavy atom. The van der Waals surface area contributed by atoms with Gasteiger partial charge in [0, 0.05) is 11.5 Å². The fourth-order valence-corrected chi connectivity index (χ4v) is 4.90. The zero-order chi connectivity index (χ0) is 24.8. The summed E-state index contributed by atoms with van der Waals surface area (Å²) in [6.07, 6.45) is 1.63. The second-order valence-corrected chi connectivity index (χ2v) is 9.43. The maximum Gasteiger partial charge on any atom is 0.257 e. The van der Waals surface area contributed by atoms with Crippen molar-refractivity contribution in [2.24, 2.45) is 5.92 Å². The summed E-state index contributed by atoms with van der Waals surface area (Å²) in [7, 11) is 0. The number of nitrogens with zero attached hydrogens (tertiary/aromatic N) is 3. The van der Waals surface area contributed by atoms with E-state index in [-0.39, 0.29) is 36.1 Å². The molecular weight excluding hydrogens is 454 g/mol. The summed E-state index contributed by atoms with van der Waals surface area (Å²) in [5.74, 6) is -0.327. The Kier molecular flexibility index (Phi) is 5.40. The number of aromatic nitrogens is 1. The molecule has 2 unspecified atom stereocenters. The highest BCUT2D eigenvalue weighted by atomic mass is 16.3. The summed E-state index contributed by atoms with van der Waals surface area (Å²) < 4.78 is 5.83. The Morgan fingerprint density at radius 1 is 0.972 bits per heavy atom. The van der Waals surface area contributed by atoms with E-state index in [1.165, 1.54) is 4.90 Å². The van der Waals surface area contributed by atoms with E-state index >= 15 is 0 Å². The van der Waals surface area contributed by atoms with Gasteiger partial charge in [-0.15, -0.1) is 0 Å². The minimum absolute atomic E-state index is 0.0264. The summed E-state index contributed by atoms with van der Waals surface area (Å²) >= 11 is 0. The van der Waals surface area contributed by atoms with Crippen LogP contribution in [0.4, 0.5) is 5.69 Å². The fourth-order valence-electron chi connectivity index (χ4n) is 4.90. The van der Waals surface area contributed by atoms with E-state index in [2.05, 4.69) is 4.98 Å². The number of para-hydroxylation sites is 2. The minimum Gasteiger partial charge on any atom is -0.436 e. The molecule has 7 nitrogen and oxygen atoms in total. The van der Waals surface area contributed by atoms with Crippen LogP contribution in [0.1, 0.15) is 37.8 Å². The molecule has 36 heavy (non-hydrogen) atoms. The van der Waals surface area contributed by atoms with E-state index < -0.39 is 6.04 Å². The van der Waals surface area contributed by atoms with Crippen LogP contribution in [0, 0.1) is 5.92 Å². The monoisotopic (exact) mass is 479 g/mol. The van der Waals surface area contributed by atoms with E-state index in [0.717, 1.165) is 29.5 Å². The Bertz CT molecular complexity index is 1420. The third-order valence-electron chi connectivity index (χ3n) is 7.01. The average Bonchev–Trinajstić information content (AvgIpc) is 3.60. The van der Waals surface area contributed by atoms with Crippen LogP contribution >= 0.6 is 0 Å². The van der Waals surface area contributed by atoms with Crippen molar-refractivity contribution < 1.29 is 18.8 Å². The predicted octanol–water partition coefficient (Wildman–Crippen LogP) is 5.13. The third kappa shape index (κ3) is 3.86. The molecule has 180 valence electrons. The molecule has 3 amide bonds. The molecule has 0 radical (unpaired) electrons. The molecule has 2 atom stereocenters. The lowest BCUT2D eigenvalue weighted by atomic mass is 10.0. The highest BCUT2D eigenvalue weighted by molar-refractivity contribution is 6.23. The molecule has 1 saturated carbocycles. The lowest BCUT2D eigenvalue weighted by Gasteiger charge is -2.33. The van der Waals surface area contributed by atoms with Crippen molar-refractivity contribution in [2.45, 2.75) is 38.3 Å². The first-order valence-electron chi connectivity index (χ1n) is 12.2. The van der Waals surface area contributed by atoms with Crippen LogP contribution in [0.5, 0.6) is 0 Å². The molecule has 0 spiro atoms. The molecule has 1 aromatic heterocycles. The number of hydrogen-bond acceptors (Lipinski definition) is 5. The molecule has 7 heteroatoms. The minimum atomic E-state index is -0.822. The Hall–Kier alpha value is -4.26. The van der Waals surface area contributed by atoms with Crippen molar-refractivity contribution in [3.8, 4) is 11.5 Å². The van der Waals surface area contributed by atoms with Crippen molar-refractivity contribution >= 4 is 34.5 Å². The maximum absolute atomic E-state index is 13.6. The van der Waals surface area contributed by atoms with Gasteiger partial charge in [0.25, 0.3) is 5.91 Å². The zero-order valence-corrected chi connectivity index (χ0v) is 19.8. The van der Waals surface area contributed by atoms with E-state index in [4.69, 9.17) is 4.42 Å². The van der Waals surface area contributed by atoms with Gasteiger partial charge in [-0.25, -0.2) is 9.88 Å². The molecule has 2 aliphatic rings. The van der Waals surface area contributed by atoms with E-state index in [1.54, 1.807) is 29.2 Å². The molecule has 6 rings (SSSR count). The third-order valence-corrected chi connectivity index (χ3v) is 7.01. The van der Waals surface area contributed by atoms with E-state index in [1.807, 2.05) is 61.5 Å². The summed E-state index contributed by atoms with van der Waals surface area (Å²) in [6, 6.07) is 23.0. The number of amides is 3. The predicted molar refractivity (Wildman–Crippen MR) is 135 cm³/mol. The number of imide groups is 1. The number of fused-ring (bicyclic) bond motifs is 1. The topological polar surface area (TPSA) is 83.7 Å². The lowest BCUT2D eigenvalue weighted by molar-refractivity contribution is -0.142. The number of oxazole rings is 1. The van der Waals surface area contributed by atoms with Gasteiger partial charge in [-0.1, -0.05) is 42.5 Å². The number of benzene rings is 3. The lowest BCUT2D eigenvalue weighted by Crippen LogP contribution is -2.47. The van der Waals surface area contributed by atoms with Gasteiger partial charge in [-0.05, 0) is 61.7 Å². The molecule has 3 aromatic carbocycles. The molecule has 1 saturated heterocycles. The van der Waals surface area contributed by atoms with E-state index in [0.29, 0.717) is 17.2 Å². The fraction of sp³-hybridized carbons (Fsp3) is 0.241. The van der Waals surface area contributed by atoms with Gasteiger partial charge in [0.05, 0.1) is 18.2 Å².